The second-order valence-corrected chi connectivity index (χ2v) is 8.30. The van der Waals surface area contributed by atoms with Crippen LogP contribution in [0.25, 0.3) is 0 Å². The van der Waals surface area contributed by atoms with Crippen LogP contribution in [0.2, 0.25) is 0 Å². The van der Waals surface area contributed by atoms with Crippen molar-refractivity contribution in [2.24, 2.45) is 0 Å². The first-order chi connectivity index (χ1) is 15.8. The van der Waals surface area contributed by atoms with Gasteiger partial charge in [-0.05, 0) is 11.0 Å². The van der Waals surface area contributed by atoms with E-state index in [1.807, 2.05) is 30.3 Å². The van der Waals surface area contributed by atoms with Crippen molar-refractivity contribution in [3.63, 3.8) is 0 Å². The summed E-state index contributed by atoms with van der Waals surface area (Å²) in [6.07, 6.45) is 0.232. The van der Waals surface area contributed by atoms with Crippen LogP contribution in [0.1, 0.15) is 25.8 Å². The molecule has 2 amide bonds. The molecule has 0 spiro atoms. The second kappa shape index (κ2) is 11.0. The minimum atomic E-state index is -1.16. The van der Waals surface area contributed by atoms with E-state index >= 15 is 0 Å². The van der Waals surface area contributed by atoms with Gasteiger partial charge in [-0.25, -0.2) is 4.79 Å². The predicted octanol–water partition coefficient (Wildman–Crippen LogP) is 0.898. The van der Waals surface area contributed by atoms with Crippen LogP contribution in [0.3, 0.4) is 0 Å². The van der Waals surface area contributed by atoms with Gasteiger partial charge in [0.1, 0.15) is 18.0 Å². The van der Waals surface area contributed by atoms with Gasteiger partial charge in [0, 0.05) is 18.9 Å². The monoisotopic (exact) mass is 476 g/mol. The van der Waals surface area contributed by atoms with Crippen LogP contribution < -0.4 is 5.32 Å². The molecule has 1 fully saturated rings. The van der Waals surface area contributed by atoms with Crippen LogP contribution in [0.5, 0.6) is 0 Å². The number of ether oxygens (including phenoxy) is 3. The van der Waals surface area contributed by atoms with Crippen molar-refractivity contribution in [3.05, 3.63) is 46.9 Å². The van der Waals surface area contributed by atoms with Crippen LogP contribution in [0, 0.1) is 0 Å². The third kappa shape index (κ3) is 5.92. The van der Waals surface area contributed by atoms with Gasteiger partial charge in [-0.15, -0.1) is 11.8 Å². The van der Waals surface area contributed by atoms with Crippen LogP contribution in [0.4, 0.5) is 0 Å². The second-order valence-electron chi connectivity index (χ2n) is 7.31. The molecule has 2 heterocycles. The Kier molecular flexibility index (Phi) is 8.10. The standard InChI is InChI=1S/C22H24N2O8S/c1-3-17(27)31-12-32-22(29)19-15(10-30-13(2)25)11-33-21-18(20(28)24(19)21)23-16(26)9-14-7-5-4-6-8-14/h4-8,11,18-19,21H,3,9-10,12H2,1-2H3,(H,23,26)/t18?,19?,21-/m0/s1. The fourth-order valence-corrected chi connectivity index (χ4v) is 4.55. The lowest BCUT2D eigenvalue weighted by atomic mass is 9.98. The first kappa shape index (κ1) is 24.3. The van der Waals surface area contributed by atoms with Gasteiger partial charge in [0.05, 0.1) is 6.42 Å². The molecule has 2 aliphatic heterocycles. The molecule has 33 heavy (non-hydrogen) atoms. The van der Waals surface area contributed by atoms with Gasteiger partial charge in [-0.2, -0.15) is 0 Å². The minimum absolute atomic E-state index is 0.115. The summed E-state index contributed by atoms with van der Waals surface area (Å²) in [4.78, 5) is 61.8. The third-order valence-corrected chi connectivity index (χ3v) is 6.18. The average molecular weight is 477 g/mol. The van der Waals surface area contributed by atoms with Gasteiger partial charge in [0.25, 0.3) is 0 Å². The fraction of sp³-hybridized carbons (Fsp3) is 0.409. The molecular weight excluding hydrogens is 452 g/mol. The Morgan fingerprint density at radius 2 is 1.82 bits per heavy atom. The van der Waals surface area contributed by atoms with Gasteiger partial charge < -0.3 is 24.4 Å². The lowest BCUT2D eigenvalue weighted by Crippen LogP contribution is -2.74. The Bertz CT molecular complexity index is 964. The number of carbonyl (C=O) groups is 5. The van der Waals surface area contributed by atoms with E-state index in [9.17, 15) is 24.0 Å². The van der Waals surface area contributed by atoms with E-state index in [1.165, 1.54) is 23.6 Å². The van der Waals surface area contributed by atoms with Crippen molar-refractivity contribution in [2.45, 2.75) is 44.1 Å². The molecule has 0 aliphatic carbocycles. The molecule has 1 aromatic carbocycles. The molecule has 0 radical (unpaired) electrons. The molecule has 2 aliphatic rings. The maximum Gasteiger partial charge on any atom is 0.336 e. The van der Waals surface area contributed by atoms with Crippen LogP contribution >= 0.6 is 11.8 Å². The lowest BCUT2D eigenvalue weighted by molar-refractivity contribution is -0.175. The van der Waals surface area contributed by atoms with E-state index in [2.05, 4.69) is 5.32 Å². The first-order valence-corrected chi connectivity index (χ1v) is 11.2. The Hall–Kier alpha value is -3.34. The summed E-state index contributed by atoms with van der Waals surface area (Å²) < 4.78 is 14.8. The van der Waals surface area contributed by atoms with Crippen molar-refractivity contribution >= 4 is 41.5 Å². The van der Waals surface area contributed by atoms with Crippen molar-refractivity contribution in [1.29, 1.82) is 0 Å². The maximum atomic E-state index is 12.9. The summed E-state index contributed by atoms with van der Waals surface area (Å²) in [5.74, 6) is -2.70. The molecule has 11 heteroatoms. The SMILES string of the molecule is CCC(=O)OCOC(=O)C1C(COC(C)=O)=CS[C@H]2C(NC(=O)Cc3ccccc3)C(=O)N12. The molecule has 0 bridgehead atoms. The number of carbonyl (C=O) groups excluding carboxylic acids is 5. The van der Waals surface area contributed by atoms with Gasteiger partial charge in [-0.1, -0.05) is 37.3 Å². The van der Waals surface area contributed by atoms with E-state index in [-0.39, 0.29) is 25.4 Å². The number of benzene rings is 1. The highest BCUT2D eigenvalue weighted by Gasteiger charge is 2.56. The number of nitrogens with zero attached hydrogens (tertiary/aromatic N) is 1. The predicted molar refractivity (Wildman–Crippen MR) is 116 cm³/mol. The Balaban J connectivity index is 1.68. The minimum Gasteiger partial charge on any atom is -0.461 e. The molecule has 0 saturated carbocycles. The highest BCUT2D eigenvalue weighted by atomic mass is 32.2. The molecule has 1 saturated heterocycles. The zero-order valence-corrected chi connectivity index (χ0v) is 19.0. The maximum absolute atomic E-state index is 12.9. The van der Waals surface area contributed by atoms with Gasteiger partial charge in [0.15, 0.2) is 6.04 Å². The number of rotatable bonds is 9. The largest absolute Gasteiger partial charge is 0.461 e. The summed E-state index contributed by atoms with van der Waals surface area (Å²) >= 11 is 1.23. The highest BCUT2D eigenvalue weighted by molar-refractivity contribution is 8.02. The van der Waals surface area contributed by atoms with Crippen molar-refractivity contribution in [1.82, 2.24) is 10.2 Å². The van der Waals surface area contributed by atoms with E-state index in [4.69, 9.17) is 14.2 Å². The first-order valence-electron chi connectivity index (χ1n) is 10.3. The quantitative estimate of drug-likeness (QED) is 0.314. The summed E-state index contributed by atoms with van der Waals surface area (Å²) in [5, 5.41) is 3.81. The molecular formula is C22H24N2O8S. The van der Waals surface area contributed by atoms with E-state index in [1.54, 1.807) is 12.3 Å². The van der Waals surface area contributed by atoms with Crippen molar-refractivity contribution in [3.8, 4) is 0 Å². The van der Waals surface area contributed by atoms with Crippen LogP contribution in [-0.2, 0) is 44.6 Å². The highest BCUT2D eigenvalue weighted by Crippen LogP contribution is 2.40. The summed E-state index contributed by atoms with van der Waals surface area (Å²) in [6.45, 7) is 2.01. The number of esters is 3. The smallest absolute Gasteiger partial charge is 0.336 e. The number of hydrogen-bond acceptors (Lipinski definition) is 9. The van der Waals surface area contributed by atoms with E-state index < -0.39 is 48.1 Å². The number of fused-ring (bicyclic) bond motifs is 1. The molecule has 2 unspecified atom stereocenters. The number of nitrogens with one attached hydrogen (secondary N) is 1. The third-order valence-electron chi connectivity index (χ3n) is 4.97. The zero-order valence-electron chi connectivity index (χ0n) is 18.1. The zero-order chi connectivity index (χ0) is 24.0. The lowest BCUT2D eigenvalue weighted by Gasteiger charge is -2.51. The summed E-state index contributed by atoms with van der Waals surface area (Å²) in [6, 6.07) is 7.13. The molecule has 1 aromatic rings. The Morgan fingerprint density at radius 3 is 2.48 bits per heavy atom. The molecule has 0 aromatic heterocycles. The molecule has 176 valence electrons. The Morgan fingerprint density at radius 1 is 1.09 bits per heavy atom. The number of β-lactam (4-membered cyclic amide) rings is 1. The number of thioether (sulfide) groups is 1. The van der Waals surface area contributed by atoms with Crippen molar-refractivity contribution < 1.29 is 38.2 Å². The molecule has 3 atom stereocenters. The van der Waals surface area contributed by atoms with Gasteiger partial charge in [0.2, 0.25) is 18.6 Å². The van der Waals surface area contributed by atoms with Gasteiger partial charge in [-0.3, -0.25) is 19.2 Å². The van der Waals surface area contributed by atoms with Crippen molar-refractivity contribution in [2.75, 3.05) is 13.4 Å². The number of hydrogen-bond donors (Lipinski definition) is 1. The molecule has 3 rings (SSSR count). The average Bonchev–Trinajstić information content (AvgIpc) is 2.80. The van der Waals surface area contributed by atoms with Crippen LogP contribution in [0.15, 0.2) is 41.3 Å². The summed E-state index contributed by atoms with van der Waals surface area (Å²) in [5.41, 5.74) is 1.15. The Labute approximate surface area is 194 Å². The fourth-order valence-electron chi connectivity index (χ4n) is 3.34. The summed E-state index contributed by atoms with van der Waals surface area (Å²) in [7, 11) is 0. The number of amides is 2. The normalized spacial score (nSPS) is 21.2. The molecule has 10 nitrogen and oxygen atoms in total. The van der Waals surface area contributed by atoms with E-state index in [0.717, 1.165) is 5.56 Å². The topological polar surface area (TPSA) is 128 Å². The van der Waals surface area contributed by atoms with Crippen LogP contribution in [-0.4, -0.2) is 65.5 Å². The van der Waals surface area contributed by atoms with E-state index in [0.29, 0.717) is 5.57 Å². The molecule has 1 N–H and O–H groups in total. The van der Waals surface area contributed by atoms with Gasteiger partial charge >= 0.3 is 17.9 Å².